The van der Waals surface area contributed by atoms with Gasteiger partial charge in [0.05, 0.1) is 10.0 Å². The van der Waals surface area contributed by atoms with Crippen LogP contribution in [0.1, 0.15) is 15.9 Å². The molecular formula is C13H10Br2N2O2. The number of phenolic OH excluding ortho intramolecular Hbond substituents is 1. The number of rotatable bonds is 2. The first-order valence-electron chi connectivity index (χ1n) is 5.38. The van der Waals surface area contributed by atoms with Gasteiger partial charge >= 0.3 is 0 Å². The smallest absolute Gasteiger partial charge is 0.257 e. The summed E-state index contributed by atoms with van der Waals surface area (Å²) in [5, 5.41) is 12.4. The predicted molar refractivity (Wildman–Crippen MR) is 80.4 cm³/mol. The number of anilines is 1. The van der Waals surface area contributed by atoms with Gasteiger partial charge in [-0.25, -0.2) is 0 Å². The summed E-state index contributed by atoms with van der Waals surface area (Å²) >= 11 is 6.50. The van der Waals surface area contributed by atoms with Crippen molar-refractivity contribution in [1.29, 1.82) is 0 Å². The molecule has 2 aromatic rings. The number of nitrogens with one attached hydrogen (secondary N) is 1. The lowest BCUT2D eigenvalue weighted by molar-refractivity contribution is 0.102. The summed E-state index contributed by atoms with van der Waals surface area (Å²) in [5.41, 5.74) is 1.74. The minimum absolute atomic E-state index is 0.169. The van der Waals surface area contributed by atoms with Crippen molar-refractivity contribution in [2.45, 2.75) is 6.92 Å². The molecule has 6 heteroatoms. The number of pyridine rings is 1. The second-order valence-electron chi connectivity index (χ2n) is 3.97. The van der Waals surface area contributed by atoms with Crippen molar-refractivity contribution < 1.29 is 9.90 Å². The SMILES string of the molecule is Cc1cc(NC(=O)c2cncc(Br)c2)cc(Br)c1O. The molecular weight excluding hydrogens is 376 g/mol. The quantitative estimate of drug-likeness (QED) is 0.771. The van der Waals surface area contributed by atoms with Crippen LogP contribution in [0.2, 0.25) is 0 Å². The van der Waals surface area contributed by atoms with E-state index < -0.39 is 0 Å². The summed E-state index contributed by atoms with van der Waals surface area (Å²) in [4.78, 5) is 16.0. The topological polar surface area (TPSA) is 62.2 Å². The number of benzene rings is 1. The average Bonchev–Trinajstić information content (AvgIpc) is 2.36. The van der Waals surface area contributed by atoms with Crippen molar-refractivity contribution in [3.63, 3.8) is 0 Å². The molecule has 1 amide bonds. The Hall–Kier alpha value is -1.40. The lowest BCUT2D eigenvalue weighted by atomic mass is 10.2. The molecule has 0 bridgehead atoms. The van der Waals surface area contributed by atoms with Crippen LogP contribution in [0.25, 0.3) is 0 Å². The van der Waals surface area contributed by atoms with Crippen molar-refractivity contribution >= 4 is 43.5 Å². The Morgan fingerprint density at radius 3 is 2.63 bits per heavy atom. The zero-order chi connectivity index (χ0) is 14.0. The van der Waals surface area contributed by atoms with Crippen LogP contribution in [-0.4, -0.2) is 16.0 Å². The third-order valence-electron chi connectivity index (χ3n) is 2.48. The van der Waals surface area contributed by atoms with Crippen LogP contribution in [0, 0.1) is 6.92 Å². The Bertz CT molecular complexity index is 621. The van der Waals surface area contributed by atoms with Crippen LogP contribution >= 0.6 is 31.9 Å². The first-order valence-corrected chi connectivity index (χ1v) is 6.97. The lowest BCUT2D eigenvalue weighted by Crippen LogP contribution is -2.12. The molecule has 2 N–H and O–H groups in total. The third kappa shape index (κ3) is 3.33. The molecule has 0 atom stereocenters. The molecule has 4 nitrogen and oxygen atoms in total. The second kappa shape index (κ2) is 5.71. The summed E-state index contributed by atoms with van der Waals surface area (Å²) in [6, 6.07) is 5.03. The van der Waals surface area contributed by atoms with Gasteiger partial charge in [0, 0.05) is 22.6 Å². The maximum atomic E-state index is 12.0. The molecule has 19 heavy (non-hydrogen) atoms. The van der Waals surface area contributed by atoms with Crippen LogP contribution in [0.15, 0.2) is 39.5 Å². The molecule has 1 aromatic heterocycles. The molecule has 1 aromatic carbocycles. The average molecular weight is 386 g/mol. The Balaban J connectivity index is 2.24. The molecule has 0 unspecified atom stereocenters. The number of carbonyl (C=O) groups is 1. The molecule has 0 aliphatic carbocycles. The number of hydrogen-bond acceptors (Lipinski definition) is 3. The number of amides is 1. The number of halogens is 2. The van der Waals surface area contributed by atoms with Crippen LogP contribution in [0.4, 0.5) is 5.69 Å². The first kappa shape index (κ1) is 14.0. The number of carbonyl (C=O) groups excluding carboxylic acids is 1. The molecule has 1 heterocycles. The van der Waals surface area contributed by atoms with Gasteiger partial charge in [0.2, 0.25) is 0 Å². The van der Waals surface area contributed by atoms with E-state index in [4.69, 9.17) is 0 Å². The van der Waals surface area contributed by atoms with Crippen molar-refractivity contribution in [2.75, 3.05) is 5.32 Å². The van der Waals surface area contributed by atoms with E-state index in [2.05, 4.69) is 42.2 Å². The highest BCUT2D eigenvalue weighted by Crippen LogP contribution is 2.31. The van der Waals surface area contributed by atoms with Crippen LogP contribution < -0.4 is 5.32 Å². The second-order valence-corrected chi connectivity index (χ2v) is 5.74. The molecule has 0 aliphatic rings. The van der Waals surface area contributed by atoms with E-state index in [1.807, 2.05) is 0 Å². The summed E-state index contributed by atoms with van der Waals surface area (Å²) < 4.78 is 1.28. The van der Waals surface area contributed by atoms with Crippen molar-refractivity contribution in [1.82, 2.24) is 4.98 Å². The van der Waals surface area contributed by atoms with Gasteiger partial charge in [0.25, 0.3) is 5.91 Å². The normalized spacial score (nSPS) is 10.3. The van der Waals surface area contributed by atoms with Gasteiger partial charge in [-0.2, -0.15) is 0 Å². The van der Waals surface area contributed by atoms with Crippen LogP contribution in [0.3, 0.4) is 0 Å². The zero-order valence-corrected chi connectivity index (χ0v) is 13.1. The fraction of sp³-hybridized carbons (Fsp3) is 0.0769. The maximum Gasteiger partial charge on any atom is 0.257 e. The van der Waals surface area contributed by atoms with Crippen molar-refractivity contribution in [3.05, 3.63) is 50.7 Å². The number of aryl methyl sites for hydroxylation is 1. The minimum atomic E-state index is -0.259. The largest absolute Gasteiger partial charge is 0.506 e. The van der Waals surface area contributed by atoms with Crippen LogP contribution in [-0.2, 0) is 0 Å². The van der Waals surface area contributed by atoms with E-state index in [1.165, 1.54) is 6.20 Å². The van der Waals surface area contributed by atoms with Gasteiger partial charge in [0.15, 0.2) is 0 Å². The Morgan fingerprint density at radius 2 is 2.00 bits per heavy atom. The zero-order valence-electron chi connectivity index (χ0n) is 9.95. The number of hydrogen-bond donors (Lipinski definition) is 2. The molecule has 0 radical (unpaired) electrons. The number of nitrogens with zero attached hydrogens (tertiary/aromatic N) is 1. The Kier molecular flexibility index (Phi) is 4.21. The van der Waals surface area contributed by atoms with E-state index in [0.29, 0.717) is 21.3 Å². The van der Waals surface area contributed by atoms with Gasteiger partial charge in [0.1, 0.15) is 5.75 Å². The van der Waals surface area contributed by atoms with Gasteiger partial charge in [-0.05, 0) is 62.5 Å². The van der Waals surface area contributed by atoms with E-state index in [0.717, 1.165) is 4.47 Å². The molecule has 98 valence electrons. The minimum Gasteiger partial charge on any atom is -0.506 e. The summed E-state index contributed by atoms with van der Waals surface area (Å²) in [7, 11) is 0. The molecule has 0 fully saturated rings. The number of aromatic nitrogens is 1. The molecule has 0 spiro atoms. The van der Waals surface area contributed by atoms with Crippen molar-refractivity contribution in [2.24, 2.45) is 0 Å². The first-order chi connectivity index (χ1) is 8.97. The molecule has 0 aliphatic heterocycles. The van der Waals surface area contributed by atoms with Crippen LogP contribution in [0.5, 0.6) is 5.75 Å². The fourth-order valence-corrected chi connectivity index (χ4v) is 2.47. The number of phenols is 1. The summed E-state index contributed by atoms with van der Waals surface area (Å²) in [6.45, 7) is 1.76. The van der Waals surface area contributed by atoms with Crippen molar-refractivity contribution in [3.8, 4) is 5.75 Å². The Morgan fingerprint density at radius 1 is 1.26 bits per heavy atom. The van der Waals surface area contributed by atoms with E-state index >= 15 is 0 Å². The van der Waals surface area contributed by atoms with Gasteiger partial charge in [-0.15, -0.1) is 0 Å². The van der Waals surface area contributed by atoms with E-state index in [9.17, 15) is 9.90 Å². The standard InChI is InChI=1S/C13H10Br2N2O2/c1-7-2-10(4-11(15)12(7)18)17-13(19)8-3-9(14)6-16-5-8/h2-6,18H,1H3,(H,17,19). The highest BCUT2D eigenvalue weighted by molar-refractivity contribution is 9.10. The van der Waals surface area contributed by atoms with Gasteiger partial charge < -0.3 is 10.4 Å². The molecule has 0 saturated heterocycles. The molecule has 2 rings (SSSR count). The molecule has 0 saturated carbocycles. The lowest BCUT2D eigenvalue weighted by Gasteiger charge is -2.09. The van der Waals surface area contributed by atoms with Gasteiger partial charge in [-0.1, -0.05) is 0 Å². The van der Waals surface area contributed by atoms with E-state index in [1.54, 1.807) is 31.3 Å². The fourth-order valence-electron chi connectivity index (χ4n) is 1.55. The van der Waals surface area contributed by atoms with E-state index in [-0.39, 0.29) is 11.7 Å². The Labute approximate surface area is 127 Å². The monoisotopic (exact) mass is 384 g/mol. The third-order valence-corrected chi connectivity index (χ3v) is 3.52. The van der Waals surface area contributed by atoms with Gasteiger partial charge in [-0.3, -0.25) is 9.78 Å². The highest BCUT2D eigenvalue weighted by Gasteiger charge is 2.10. The summed E-state index contributed by atoms with van der Waals surface area (Å²) in [5.74, 6) is -0.0899. The summed E-state index contributed by atoms with van der Waals surface area (Å²) in [6.07, 6.45) is 3.10. The maximum absolute atomic E-state index is 12.0. The highest BCUT2D eigenvalue weighted by atomic mass is 79.9. The predicted octanol–water partition coefficient (Wildman–Crippen LogP) is 3.87. The number of aromatic hydroxyl groups is 1.